The Bertz CT molecular complexity index is 657. The van der Waals surface area contributed by atoms with Crippen LogP contribution in [-0.2, 0) is 0 Å². The molecule has 0 radical (unpaired) electrons. The van der Waals surface area contributed by atoms with Crippen molar-refractivity contribution in [1.29, 1.82) is 0 Å². The summed E-state index contributed by atoms with van der Waals surface area (Å²) >= 11 is 0. The van der Waals surface area contributed by atoms with Gasteiger partial charge in [-0.25, -0.2) is 10.8 Å². The number of nitrogens with one attached hydrogen (secondary N) is 2. The van der Waals surface area contributed by atoms with Crippen molar-refractivity contribution in [2.45, 2.75) is 12.6 Å². The van der Waals surface area contributed by atoms with Crippen LogP contribution < -0.4 is 16.6 Å². The Morgan fingerprint density at radius 3 is 2.52 bits per heavy atom. The number of aromatic nitrogens is 1. The molecule has 2 rings (SSSR count). The van der Waals surface area contributed by atoms with Gasteiger partial charge in [-0.05, 0) is 5.39 Å². The molecule has 2 aromatic rings. The van der Waals surface area contributed by atoms with Crippen LogP contribution in [0.5, 0.6) is 0 Å². The lowest BCUT2D eigenvalue weighted by Crippen LogP contribution is -2.28. The number of alkyl halides is 3. The van der Waals surface area contributed by atoms with Crippen LogP contribution in [0.1, 0.15) is 16.8 Å². The number of carbonyl (C=O) groups excluding carboxylic acids is 1. The minimum absolute atomic E-state index is 0.201. The van der Waals surface area contributed by atoms with E-state index in [9.17, 15) is 18.0 Å². The van der Waals surface area contributed by atoms with Crippen LogP contribution in [0.4, 0.5) is 19.0 Å². The number of nitrogens with zero attached hydrogens (tertiary/aromatic N) is 1. The Kier molecular flexibility index (Phi) is 4.27. The standard InChI is InChI=1S/C13H13F3N4O/c14-13(15,16)5-6-18-12(21)10-7-19-11(20-17)9-4-2-1-3-8(9)10/h1-4,7H,5-6,17H2,(H,18,21)(H,19,20). The molecule has 0 spiro atoms. The number of amides is 1. The van der Waals surface area contributed by atoms with Crippen molar-refractivity contribution in [3.8, 4) is 0 Å². The molecule has 0 saturated carbocycles. The van der Waals surface area contributed by atoms with Gasteiger partial charge >= 0.3 is 6.18 Å². The van der Waals surface area contributed by atoms with Gasteiger partial charge in [0.05, 0.1) is 12.0 Å². The van der Waals surface area contributed by atoms with Crippen LogP contribution in [-0.4, -0.2) is 23.6 Å². The topological polar surface area (TPSA) is 80.0 Å². The summed E-state index contributed by atoms with van der Waals surface area (Å²) < 4.78 is 36.2. The Labute approximate surface area is 118 Å². The normalized spacial score (nSPS) is 11.4. The number of hydrazine groups is 1. The molecule has 1 aromatic carbocycles. The van der Waals surface area contributed by atoms with Crippen molar-refractivity contribution in [3.63, 3.8) is 0 Å². The van der Waals surface area contributed by atoms with Crippen molar-refractivity contribution < 1.29 is 18.0 Å². The molecule has 0 unspecified atom stereocenters. The molecule has 1 aromatic heterocycles. The SMILES string of the molecule is NNc1ncc(C(=O)NCCC(F)(F)F)c2ccccc12. The molecule has 8 heteroatoms. The molecule has 1 amide bonds. The summed E-state index contributed by atoms with van der Waals surface area (Å²) in [4.78, 5) is 16.0. The highest BCUT2D eigenvalue weighted by atomic mass is 19.4. The summed E-state index contributed by atoms with van der Waals surface area (Å²) in [7, 11) is 0. The zero-order chi connectivity index (χ0) is 15.5. The molecule has 4 N–H and O–H groups in total. The quantitative estimate of drug-likeness (QED) is 0.597. The summed E-state index contributed by atoms with van der Waals surface area (Å²) in [5, 5.41) is 3.41. The molecule has 1 heterocycles. The number of hydrogen-bond acceptors (Lipinski definition) is 4. The fourth-order valence-corrected chi connectivity index (χ4v) is 1.90. The fourth-order valence-electron chi connectivity index (χ4n) is 1.90. The molecule has 0 aliphatic carbocycles. The highest BCUT2D eigenvalue weighted by Gasteiger charge is 2.26. The summed E-state index contributed by atoms with van der Waals surface area (Å²) in [6, 6.07) is 6.85. The molecule has 0 aliphatic heterocycles. The number of hydrogen-bond donors (Lipinski definition) is 3. The summed E-state index contributed by atoms with van der Waals surface area (Å²) in [6.45, 7) is -0.479. The second kappa shape index (κ2) is 5.96. The van der Waals surface area contributed by atoms with E-state index in [0.29, 0.717) is 16.6 Å². The number of benzene rings is 1. The van der Waals surface area contributed by atoms with E-state index >= 15 is 0 Å². The average molecular weight is 298 g/mol. The predicted octanol–water partition coefficient (Wildman–Crippen LogP) is 2.20. The van der Waals surface area contributed by atoms with Crippen LogP contribution in [0, 0.1) is 0 Å². The van der Waals surface area contributed by atoms with Crippen molar-refractivity contribution in [1.82, 2.24) is 10.3 Å². The van der Waals surface area contributed by atoms with E-state index in [-0.39, 0.29) is 5.56 Å². The molecule has 0 bridgehead atoms. The third-order valence-electron chi connectivity index (χ3n) is 2.87. The molecule has 0 aliphatic rings. The number of nitrogen functional groups attached to an aromatic ring is 1. The summed E-state index contributed by atoms with van der Waals surface area (Å²) in [5.74, 6) is 5.11. The number of nitrogens with two attached hydrogens (primary N) is 1. The van der Waals surface area contributed by atoms with Gasteiger partial charge in [0.1, 0.15) is 5.82 Å². The highest BCUT2D eigenvalue weighted by Crippen LogP contribution is 2.24. The van der Waals surface area contributed by atoms with Crippen LogP contribution in [0.25, 0.3) is 10.8 Å². The number of anilines is 1. The zero-order valence-electron chi connectivity index (χ0n) is 10.9. The summed E-state index contributed by atoms with van der Waals surface area (Å²) in [5.41, 5.74) is 2.61. The lowest BCUT2D eigenvalue weighted by Gasteiger charge is -2.11. The second-order valence-electron chi connectivity index (χ2n) is 4.33. The van der Waals surface area contributed by atoms with Gasteiger partial charge in [-0.1, -0.05) is 24.3 Å². The largest absolute Gasteiger partial charge is 0.390 e. The number of halogens is 3. The van der Waals surface area contributed by atoms with Crippen molar-refractivity contribution in [2.75, 3.05) is 12.0 Å². The van der Waals surface area contributed by atoms with E-state index in [2.05, 4.69) is 15.7 Å². The lowest BCUT2D eigenvalue weighted by atomic mass is 10.1. The second-order valence-corrected chi connectivity index (χ2v) is 4.33. The van der Waals surface area contributed by atoms with Crippen LogP contribution in [0.2, 0.25) is 0 Å². The number of rotatable bonds is 4. The van der Waals surface area contributed by atoms with E-state index in [4.69, 9.17) is 5.84 Å². The van der Waals surface area contributed by atoms with Crippen LogP contribution in [0.15, 0.2) is 30.5 Å². The van der Waals surface area contributed by atoms with E-state index in [0.717, 1.165) is 0 Å². The molecular formula is C13H13F3N4O. The first-order chi connectivity index (χ1) is 9.92. The fraction of sp³-hybridized carbons (Fsp3) is 0.231. The predicted molar refractivity (Wildman–Crippen MR) is 72.6 cm³/mol. The number of pyridine rings is 1. The van der Waals surface area contributed by atoms with Gasteiger partial charge in [0.2, 0.25) is 0 Å². The van der Waals surface area contributed by atoms with Gasteiger partial charge in [-0.2, -0.15) is 13.2 Å². The van der Waals surface area contributed by atoms with Gasteiger partial charge in [0, 0.05) is 18.1 Å². The van der Waals surface area contributed by atoms with Gasteiger partial charge in [0.15, 0.2) is 0 Å². The lowest BCUT2D eigenvalue weighted by molar-refractivity contribution is -0.132. The number of fused-ring (bicyclic) bond motifs is 1. The maximum Gasteiger partial charge on any atom is 0.390 e. The molecule has 0 atom stereocenters. The molecule has 21 heavy (non-hydrogen) atoms. The van der Waals surface area contributed by atoms with Gasteiger partial charge in [-0.3, -0.25) is 4.79 Å². The first kappa shape index (κ1) is 15.0. The highest BCUT2D eigenvalue weighted by molar-refractivity contribution is 6.09. The van der Waals surface area contributed by atoms with Crippen molar-refractivity contribution in [2.24, 2.45) is 5.84 Å². The number of carbonyl (C=O) groups is 1. The molecule has 112 valence electrons. The van der Waals surface area contributed by atoms with Crippen LogP contribution in [0.3, 0.4) is 0 Å². The Morgan fingerprint density at radius 2 is 1.90 bits per heavy atom. The van der Waals surface area contributed by atoms with Gasteiger partial charge in [0.25, 0.3) is 5.91 Å². The molecule has 5 nitrogen and oxygen atoms in total. The zero-order valence-corrected chi connectivity index (χ0v) is 10.9. The third-order valence-corrected chi connectivity index (χ3v) is 2.87. The van der Waals surface area contributed by atoms with Crippen molar-refractivity contribution >= 4 is 22.5 Å². The van der Waals surface area contributed by atoms with Crippen molar-refractivity contribution in [3.05, 3.63) is 36.0 Å². The van der Waals surface area contributed by atoms with Gasteiger partial charge in [-0.15, -0.1) is 0 Å². The Morgan fingerprint density at radius 1 is 1.24 bits per heavy atom. The average Bonchev–Trinajstić information content (AvgIpc) is 2.44. The smallest absolute Gasteiger partial charge is 0.352 e. The van der Waals surface area contributed by atoms with Gasteiger partial charge < -0.3 is 10.7 Å². The Hall–Kier alpha value is -2.35. The first-order valence-electron chi connectivity index (χ1n) is 6.11. The van der Waals surface area contributed by atoms with Crippen LogP contribution >= 0.6 is 0 Å². The third kappa shape index (κ3) is 3.60. The minimum Gasteiger partial charge on any atom is -0.352 e. The molecule has 0 fully saturated rings. The minimum atomic E-state index is -4.30. The Balaban J connectivity index is 2.24. The van der Waals surface area contributed by atoms with E-state index in [1.807, 2.05) is 0 Å². The first-order valence-corrected chi connectivity index (χ1v) is 6.11. The molecular weight excluding hydrogens is 285 g/mol. The van der Waals surface area contributed by atoms with E-state index in [1.54, 1.807) is 24.3 Å². The summed E-state index contributed by atoms with van der Waals surface area (Å²) in [6.07, 6.45) is -4.10. The maximum atomic E-state index is 12.1. The van der Waals surface area contributed by atoms with E-state index < -0.39 is 25.0 Å². The monoisotopic (exact) mass is 298 g/mol. The maximum absolute atomic E-state index is 12.1. The van der Waals surface area contributed by atoms with E-state index in [1.165, 1.54) is 6.20 Å². The molecule has 0 saturated heterocycles.